The summed E-state index contributed by atoms with van der Waals surface area (Å²) in [4.78, 5) is 36.7. The predicted octanol–water partition coefficient (Wildman–Crippen LogP) is 1.78. The zero-order valence-electron chi connectivity index (χ0n) is 11.7. The summed E-state index contributed by atoms with van der Waals surface area (Å²) in [5, 5.41) is 2.68. The van der Waals surface area contributed by atoms with Crippen LogP contribution < -0.4 is 5.32 Å². The number of benzene rings is 1. The normalized spacial score (nSPS) is 21.4. The van der Waals surface area contributed by atoms with Gasteiger partial charge in [0, 0.05) is 11.0 Å². The lowest BCUT2D eigenvalue weighted by Crippen LogP contribution is -2.41. The zero-order chi connectivity index (χ0) is 15.6. The van der Waals surface area contributed by atoms with Gasteiger partial charge < -0.3 is 10.1 Å². The predicted molar refractivity (Wildman–Crippen MR) is 78.4 cm³/mol. The minimum Gasteiger partial charge on any atom is -0.469 e. The van der Waals surface area contributed by atoms with Crippen LogP contribution in [0, 0.1) is 0 Å². The highest BCUT2D eigenvalue weighted by Gasteiger charge is 2.48. The molecule has 1 aliphatic heterocycles. The summed E-state index contributed by atoms with van der Waals surface area (Å²) in [6.07, 6.45) is -0.0236. The van der Waals surface area contributed by atoms with Gasteiger partial charge in [0.1, 0.15) is 5.54 Å². The van der Waals surface area contributed by atoms with E-state index in [1.165, 1.54) is 7.11 Å². The Balaban J connectivity index is 2.22. The van der Waals surface area contributed by atoms with E-state index in [9.17, 15) is 14.4 Å². The molecule has 0 spiro atoms. The molecule has 1 atom stereocenters. The largest absolute Gasteiger partial charge is 0.469 e. The van der Waals surface area contributed by atoms with Gasteiger partial charge in [0.05, 0.1) is 13.5 Å². The van der Waals surface area contributed by atoms with Gasteiger partial charge in [0.25, 0.3) is 5.91 Å². The smallest absolute Gasteiger partial charge is 0.325 e. The van der Waals surface area contributed by atoms with Crippen molar-refractivity contribution in [2.75, 3.05) is 13.7 Å². The van der Waals surface area contributed by atoms with Gasteiger partial charge in [0.15, 0.2) is 0 Å². The van der Waals surface area contributed by atoms with Crippen LogP contribution in [0.15, 0.2) is 28.7 Å². The number of ether oxygens (including phenoxy) is 1. The highest BCUT2D eigenvalue weighted by Crippen LogP contribution is 2.30. The number of hydrogen-bond acceptors (Lipinski definition) is 4. The van der Waals surface area contributed by atoms with E-state index in [4.69, 9.17) is 0 Å². The molecule has 1 N–H and O–H groups in total. The van der Waals surface area contributed by atoms with Crippen LogP contribution in [0.2, 0.25) is 0 Å². The van der Waals surface area contributed by atoms with Gasteiger partial charge in [-0.15, -0.1) is 0 Å². The lowest BCUT2D eigenvalue weighted by Gasteiger charge is -2.22. The Bertz CT molecular complexity index is 604. The second-order valence-corrected chi connectivity index (χ2v) is 5.76. The molecule has 112 valence electrons. The molecule has 0 radical (unpaired) electrons. The van der Waals surface area contributed by atoms with E-state index in [2.05, 4.69) is 26.0 Å². The van der Waals surface area contributed by atoms with Crippen LogP contribution in [0.5, 0.6) is 0 Å². The van der Waals surface area contributed by atoms with Gasteiger partial charge in [-0.2, -0.15) is 0 Å². The molecule has 0 saturated carbocycles. The number of rotatable bonds is 4. The molecule has 2 rings (SSSR count). The van der Waals surface area contributed by atoms with E-state index >= 15 is 0 Å². The number of imide groups is 1. The molecule has 3 amide bonds. The van der Waals surface area contributed by atoms with Crippen LogP contribution >= 0.6 is 15.9 Å². The second kappa shape index (κ2) is 5.85. The molecule has 1 saturated heterocycles. The number of hydrogen-bond donors (Lipinski definition) is 1. The van der Waals surface area contributed by atoms with E-state index in [0.29, 0.717) is 5.56 Å². The molecular weight excluding hydrogens is 340 g/mol. The fourth-order valence-corrected chi connectivity index (χ4v) is 2.60. The van der Waals surface area contributed by atoms with Gasteiger partial charge in [-0.25, -0.2) is 4.79 Å². The third-order valence-corrected chi connectivity index (χ3v) is 3.94. The quantitative estimate of drug-likeness (QED) is 0.660. The maximum atomic E-state index is 12.5. The van der Waals surface area contributed by atoms with Crippen LogP contribution in [0.3, 0.4) is 0 Å². The van der Waals surface area contributed by atoms with Crippen molar-refractivity contribution in [2.45, 2.75) is 18.9 Å². The van der Waals surface area contributed by atoms with Gasteiger partial charge in [0.2, 0.25) is 0 Å². The molecule has 1 heterocycles. The van der Waals surface area contributed by atoms with Gasteiger partial charge in [-0.05, 0) is 24.6 Å². The molecular formula is C14H15BrN2O4. The third-order valence-electron chi connectivity index (χ3n) is 3.44. The number of carbonyl (C=O) groups is 3. The minimum absolute atomic E-state index is 0.000926. The van der Waals surface area contributed by atoms with Crippen molar-refractivity contribution >= 4 is 33.8 Å². The number of esters is 1. The fraction of sp³-hybridized carbons (Fsp3) is 0.357. The molecule has 1 aliphatic rings. The van der Waals surface area contributed by atoms with E-state index in [1.54, 1.807) is 25.1 Å². The Hall–Kier alpha value is -1.89. The summed E-state index contributed by atoms with van der Waals surface area (Å²) in [6.45, 7) is 1.65. The van der Waals surface area contributed by atoms with E-state index in [-0.39, 0.29) is 18.9 Å². The molecule has 21 heavy (non-hydrogen) atoms. The average molecular weight is 355 g/mol. The minimum atomic E-state index is -1.13. The van der Waals surface area contributed by atoms with Crippen molar-refractivity contribution in [3.05, 3.63) is 34.3 Å². The number of nitrogens with one attached hydrogen (secondary N) is 1. The molecule has 0 bridgehead atoms. The molecule has 0 aliphatic carbocycles. The van der Waals surface area contributed by atoms with Crippen LogP contribution in [-0.2, 0) is 19.9 Å². The van der Waals surface area contributed by atoms with Crippen LogP contribution in [0.25, 0.3) is 0 Å². The van der Waals surface area contributed by atoms with Crippen LogP contribution in [0.4, 0.5) is 4.79 Å². The van der Waals surface area contributed by atoms with E-state index < -0.39 is 17.5 Å². The van der Waals surface area contributed by atoms with Gasteiger partial charge in [-0.1, -0.05) is 28.1 Å². The van der Waals surface area contributed by atoms with E-state index in [1.807, 2.05) is 6.07 Å². The summed E-state index contributed by atoms with van der Waals surface area (Å²) in [7, 11) is 1.26. The van der Waals surface area contributed by atoms with E-state index in [0.717, 1.165) is 9.37 Å². The number of urea groups is 1. The third kappa shape index (κ3) is 2.92. The highest BCUT2D eigenvalue weighted by atomic mass is 79.9. The fourth-order valence-electron chi connectivity index (χ4n) is 2.20. The molecule has 1 aromatic carbocycles. The van der Waals surface area contributed by atoms with Gasteiger partial charge >= 0.3 is 12.0 Å². The Morgan fingerprint density at radius 1 is 1.43 bits per heavy atom. The van der Waals surface area contributed by atoms with Crippen molar-refractivity contribution in [1.29, 1.82) is 0 Å². The molecule has 0 unspecified atom stereocenters. The summed E-state index contributed by atoms with van der Waals surface area (Å²) >= 11 is 3.34. The Kier molecular flexibility index (Phi) is 4.32. The first kappa shape index (κ1) is 15.5. The van der Waals surface area contributed by atoms with Crippen molar-refractivity contribution in [2.24, 2.45) is 0 Å². The number of halogens is 1. The lowest BCUT2D eigenvalue weighted by molar-refractivity contribution is -0.141. The summed E-state index contributed by atoms with van der Waals surface area (Å²) in [5.74, 6) is -0.846. The Morgan fingerprint density at radius 2 is 2.14 bits per heavy atom. The number of methoxy groups -OCH3 is 1. The first-order chi connectivity index (χ1) is 9.88. The monoisotopic (exact) mass is 354 g/mol. The Morgan fingerprint density at radius 3 is 2.76 bits per heavy atom. The number of carbonyl (C=O) groups excluding carboxylic acids is 3. The number of nitrogens with zero attached hydrogens (tertiary/aromatic N) is 1. The molecule has 1 fully saturated rings. The van der Waals surface area contributed by atoms with Crippen LogP contribution in [-0.4, -0.2) is 36.5 Å². The molecule has 7 heteroatoms. The zero-order valence-corrected chi connectivity index (χ0v) is 13.3. The summed E-state index contributed by atoms with van der Waals surface area (Å²) in [6, 6.07) is 6.67. The number of amides is 3. The van der Waals surface area contributed by atoms with Crippen molar-refractivity contribution in [3.63, 3.8) is 0 Å². The summed E-state index contributed by atoms with van der Waals surface area (Å²) in [5.41, 5.74) is -0.451. The second-order valence-electron chi connectivity index (χ2n) is 4.85. The molecule has 6 nitrogen and oxygen atoms in total. The average Bonchev–Trinajstić information content (AvgIpc) is 2.68. The standard InChI is InChI=1S/C14H15BrN2O4/c1-14(9-4-3-5-10(15)8-9)12(19)17(13(20)16-14)7-6-11(18)21-2/h3-5,8H,6-7H2,1-2H3,(H,16,20)/t14-/m0/s1. The molecule has 1 aromatic rings. The van der Waals surface area contributed by atoms with Crippen LogP contribution in [0.1, 0.15) is 18.9 Å². The summed E-state index contributed by atoms with van der Waals surface area (Å²) < 4.78 is 5.33. The maximum Gasteiger partial charge on any atom is 0.325 e. The van der Waals surface area contributed by atoms with Crippen molar-refractivity contribution in [1.82, 2.24) is 10.2 Å². The van der Waals surface area contributed by atoms with Crippen molar-refractivity contribution < 1.29 is 19.1 Å². The topological polar surface area (TPSA) is 75.7 Å². The molecule has 0 aromatic heterocycles. The van der Waals surface area contributed by atoms with Gasteiger partial charge in [-0.3, -0.25) is 14.5 Å². The highest BCUT2D eigenvalue weighted by molar-refractivity contribution is 9.10. The Labute approximate surface area is 130 Å². The SMILES string of the molecule is COC(=O)CCN1C(=O)N[C@@](C)(c2cccc(Br)c2)C1=O. The maximum absolute atomic E-state index is 12.5. The first-order valence-electron chi connectivity index (χ1n) is 6.35. The lowest BCUT2D eigenvalue weighted by atomic mass is 9.92. The first-order valence-corrected chi connectivity index (χ1v) is 7.15. The van der Waals surface area contributed by atoms with Crippen molar-refractivity contribution in [3.8, 4) is 0 Å².